The molecular weight excluding hydrogens is 206 g/mol. The van der Waals surface area contributed by atoms with Crippen LogP contribution in [0.5, 0.6) is 0 Å². The second kappa shape index (κ2) is 5.47. The van der Waals surface area contributed by atoms with Crippen LogP contribution in [0, 0.1) is 12.8 Å². The maximum atomic E-state index is 4.16. The third kappa shape index (κ3) is 3.47. The van der Waals surface area contributed by atoms with Crippen molar-refractivity contribution in [2.24, 2.45) is 5.92 Å². The van der Waals surface area contributed by atoms with Crippen molar-refractivity contribution in [2.75, 3.05) is 18.8 Å². The highest BCUT2D eigenvalue weighted by atomic mass is 32.2. The van der Waals surface area contributed by atoms with Crippen molar-refractivity contribution in [3.63, 3.8) is 0 Å². The monoisotopic (exact) mass is 223 g/mol. The van der Waals surface area contributed by atoms with E-state index >= 15 is 0 Å². The Bertz CT molecular complexity index is 293. The lowest BCUT2D eigenvalue weighted by Gasteiger charge is -2.21. The van der Waals surface area contributed by atoms with Gasteiger partial charge in [0, 0.05) is 5.75 Å². The van der Waals surface area contributed by atoms with Crippen LogP contribution < -0.4 is 5.32 Å². The van der Waals surface area contributed by atoms with Crippen molar-refractivity contribution in [3.8, 4) is 0 Å². The number of hydrogen-bond donors (Lipinski definition) is 1. The largest absolute Gasteiger partial charge is 0.316 e. The average Bonchev–Trinajstić information content (AvgIpc) is 2.30. The number of aromatic nitrogens is 2. The first-order valence-electron chi connectivity index (χ1n) is 5.48. The minimum absolute atomic E-state index is 0.798. The topological polar surface area (TPSA) is 37.8 Å². The molecule has 0 aliphatic carbocycles. The van der Waals surface area contributed by atoms with Gasteiger partial charge in [0.2, 0.25) is 0 Å². The van der Waals surface area contributed by atoms with Crippen LogP contribution in [-0.4, -0.2) is 29.0 Å². The zero-order chi connectivity index (χ0) is 10.5. The van der Waals surface area contributed by atoms with Crippen LogP contribution in [0.2, 0.25) is 0 Å². The van der Waals surface area contributed by atoms with Crippen molar-refractivity contribution in [3.05, 3.63) is 17.8 Å². The van der Waals surface area contributed by atoms with E-state index in [0.717, 1.165) is 28.9 Å². The van der Waals surface area contributed by atoms with E-state index < -0.39 is 0 Å². The van der Waals surface area contributed by atoms with Crippen molar-refractivity contribution in [1.82, 2.24) is 15.5 Å². The highest BCUT2D eigenvalue weighted by Crippen LogP contribution is 2.21. The summed E-state index contributed by atoms with van der Waals surface area (Å²) >= 11 is 1.82. The minimum atomic E-state index is 0.798. The number of thioether (sulfide) groups is 1. The van der Waals surface area contributed by atoms with E-state index in [0.29, 0.717) is 0 Å². The summed E-state index contributed by atoms with van der Waals surface area (Å²) in [4.78, 5) is 0. The van der Waals surface area contributed by atoms with Gasteiger partial charge in [-0.2, -0.15) is 5.10 Å². The van der Waals surface area contributed by atoms with Gasteiger partial charge >= 0.3 is 0 Å². The van der Waals surface area contributed by atoms with E-state index in [2.05, 4.69) is 21.6 Å². The third-order valence-electron chi connectivity index (χ3n) is 2.64. The SMILES string of the molecule is Cc1ccc(SC[C@@H]2CCCNC2)nn1. The number of piperidine rings is 1. The van der Waals surface area contributed by atoms with E-state index in [1.165, 1.54) is 19.4 Å². The number of nitrogens with one attached hydrogen (secondary N) is 1. The van der Waals surface area contributed by atoms with Gasteiger partial charge in [-0.1, -0.05) is 0 Å². The summed E-state index contributed by atoms with van der Waals surface area (Å²) in [6, 6.07) is 4.08. The normalized spacial score (nSPS) is 21.5. The molecule has 0 amide bonds. The molecule has 2 rings (SSSR count). The van der Waals surface area contributed by atoms with Crippen LogP contribution in [0.4, 0.5) is 0 Å². The van der Waals surface area contributed by atoms with Crippen LogP contribution in [-0.2, 0) is 0 Å². The molecular formula is C11H17N3S. The first kappa shape index (κ1) is 10.9. The number of rotatable bonds is 3. The highest BCUT2D eigenvalue weighted by molar-refractivity contribution is 7.99. The van der Waals surface area contributed by atoms with Crippen molar-refractivity contribution >= 4 is 11.8 Å². The van der Waals surface area contributed by atoms with Crippen LogP contribution in [0.15, 0.2) is 17.2 Å². The van der Waals surface area contributed by atoms with E-state index in [1.807, 2.05) is 24.8 Å². The van der Waals surface area contributed by atoms with Gasteiger partial charge in [-0.25, -0.2) is 0 Å². The van der Waals surface area contributed by atoms with Gasteiger partial charge in [0.15, 0.2) is 0 Å². The molecule has 0 saturated carbocycles. The van der Waals surface area contributed by atoms with E-state index in [1.54, 1.807) is 0 Å². The Balaban J connectivity index is 1.79. The van der Waals surface area contributed by atoms with E-state index in [-0.39, 0.29) is 0 Å². The predicted molar refractivity (Wildman–Crippen MR) is 63.1 cm³/mol. The van der Waals surface area contributed by atoms with Crippen molar-refractivity contribution in [1.29, 1.82) is 0 Å². The molecule has 3 nitrogen and oxygen atoms in total. The molecule has 1 N–H and O–H groups in total. The van der Waals surface area contributed by atoms with Crippen LogP contribution in [0.1, 0.15) is 18.5 Å². The lowest BCUT2D eigenvalue weighted by atomic mass is 10.0. The summed E-state index contributed by atoms with van der Waals surface area (Å²) in [5, 5.41) is 12.7. The molecule has 15 heavy (non-hydrogen) atoms. The summed E-state index contributed by atoms with van der Waals surface area (Å²) in [5.41, 5.74) is 0.985. The van der Waals surface area contributed by atoms with Crippen molar-refractivity contribution < 1.29 is 0 Å². The Morgan fingerprint density at radius 1 is 1.47 bits per heavy atom. The first-order chi connectivity index (χ1) is 7.34. The zero-order valence-corrected chi connectivity index (χ0v) is 9.89. The fourth-order valence-electron chi connectivity index (χ4n) is 1.73. The second-order valence-corrected chi connectivity index (χ2v) is 5.08. The maximum Gasteiger partial charge on any atom is 0.119 e. The molecule has 0 spiro atoms. The number of hydrogen-bond acceptors (Lipinski definition) is 4. The Kier molecular flexibility index (Phi) is 3.97. The smallest absolute Gasteiger partial charge is 0.119 e. The van der Waals surface area contributed by atoms with E-state index in [4.69, 9.17) is 0 Å². The van der Waals surface area contributed by atoms with Crippen LogP contribution in [0.3, 0.4) is 0 Å². The molecule has 0 bridgehead atoms. The Morgan fingerprint density at radius 3 is 3.07 bits per heavy atom. The first-order valence-corrected chi connectivity index (χ1v) is 6.47. The fourth-order valence-corrected chi connectivity index (χ4v) is 2.69. The quantitative estimate of drug-likeness (QED) is 0.794. The molecule has 0 unspecified atom stereocenters. The lowest BCUT2D eigenvalue weighted by Crippen LogP contribution is -2.30. The molecule has 1 aromatic rings. The second-order valence-electron chi connectivity index (χ2n) is 4.04. The summed E-state index contributed by atoms with van der Waals surface area (Å²) in [5.74, 6) is 1.96. The molecule has 1 fully saturated rings. The Hall–Kier alpha value is -0.610. The summed E-state index contributed by atoms with van der Waals surface area (Å²) < 4.78 is 0. The summed E-state index contributed by atoms with van der Waals surface area (Å²) in [6.07, 6.45) is 2.66. The molecule has 1 saturated heterocycles. The van der Waals surface area contributed by atoms with E-state index in [9.17, 15) is 0 Å². The zero-order valence-electron chi connectivity index (χ0n) is 9.07. The molecule has 82 valence electrons. The molecule has 1 aromatic heterocycles. The lowest BCUT2D eigenvalue weighted by molar-refractivity contribution is 0.410. The summed E-state index contributed by atoms with van der Waals surface area (Å²) in [7, 11) is 0. The fraction of sp³-hybridized carbons (Fsp3) is 0.636. The molecule has 1 aliphatic heterocycles. The average molecular weight is 223 g/mol. The Morgan fingerprint density at radius 2 is 2.40 bits per heavy atom. The van der Waals surface area contributed by atoms with Gasteiger partial charge < -0.3 is 5.32 Å². The minimum Gasteiger partial charge on any atom is -0.316 e. The molecule has 4 heteroatoms. The van der Waals surface area contributed by atoms with Crippen LogP contribution in [0.25, 0.3) is 0 Å². The van der Waals surface area contributed by atoms with Crippen molar-refractivity contribution in [2.45, 2.75) is 24.8 Å². The number of aryl methyl sites for hydroxylation is 1. The van der Waals surface area contributed by atoms with Gasteiger partial charge in [0.05, 0.1) is 5.69 Å². The number of nitrogens with zero attached hydrogens (tertiary/aromatic N) is 2. The van der Waals surface area contributed by atoms with Gasteiger partial charge in [0.25, 0.3) is 0 Å². The van der Waals surface area contributed by atoms with Gasteiger partial charge in [-0.05, 0) is 50.9 Å². The maximum absolute atomic E-state index is 4.16. The molecule has 1 aliphatic rings. The molecule has 1 atom stereocenters. The predicted octanol–water partition coefficient (Wildman–Crippen LogP) is 1.88. The molecule has 0 aromatic carbocycles. The van der Waals surface area contributed by atoms with Gasteiger partial charge in [-0.15, -0.1) is 16.9 Å². The molecule has 0 radical (unpaired) electrons. The third-order valence-corrected chi connectivity index (χ3v) is 3.79. The highest BCUT2D eigenvalue weighted by Gasteiger charge is 2.13. The van der Waals surface area contributed by atoms with Gasteiger partial charge in [-0.3, -0.25) is 0 Å². The van der Waals surface area contributed by atoms with Crippen LogP contribution >= 0.6 is 11.8 Å². The Labute approximate surface area is 95.1 Å². The van der Waals surface area contributed by atoms with Gasteiger partial charge in [0.1, 0.15) is 5.03 Å². The summed E-state index contributed by atoms with van der Waals surface area (Å²) in [6.45, 7) is 4.31. The molecule has 2 heterocycles. The standard InChI is InChI=1S/C11H17N3S/c1-9-4-5-11(14-13-9)15-8-10-3-2-6-12-7-10/h4-5,10,12H,2-3,6-8H2,1H3/t10-/m1/s1.